The third-order valence-electron chi connectivity index (χ3n) is 6.48. The summed E-state index contributed by atoms with van der Waals surface area (Å²) in [6, 6.07) is 24.8. The number of amides is 2. The van der Waals surface area contributed by atoms with E-state index in [1.165, 1.54) is 0 Å². The highest BCUT2D eigenvalue weighted by atomic mass is 16.2. The number of carbonyl (C=O) groups is 1. The van der Waals surface area contributed by atoms with Crippen LogP contribution in [0.4, 0.5) is 4.79 Å². The van der Waals surface area contributed by atoms with Gasteiger partial charge >= 0.3 is 6.03 Å². The maximum atomic E-state index is 13.9. The van der Waals surface area contributed by atoms with Crippen LogP contribution in [-0.4, -0.2) is 32.6 Å². The molecule has 0 aliphatic carbocycles. The first-order valence-corrected chi connectivity index (χ1v) is 12.9. The van der Waals surface area contributed by atoms with Crippen LogP contribution in [0.5, 0.6) is 0 Å². The molecule has 1 N–H and O–H groups in total. The highest BCUT2D eigenvalue weighted by molar-refractivity contribution is 5.78. The standard InChI is InChI=1S/C31H36N4O2/c1-6-24-16-10-13-19-27(24)35-28(32-26-18-12-11-17-25(26)29(35)36)22(2)34(30(37)33-31(3,4)5)21-20-23-14-8-7-9-15-23/h7-19,22H,6,20-21H2,1-5H3,(H,33,37). The van der Waals surface area contributed by atoms with Gasteiger partial charge in [-0.25, -0.2) is 9.78 Å². The summed E-state index contributed by atoms with van der Waals surface area (Å²) >= 11 is 0. The van der Waals surface area contributed by atoms with Crippen LogP contribution in [0.25, 0.3) is 16.6 Å². The molecular weight excluding hydrogens is 460 g/mol. The molecule has 0 aliphatic rings. The molecule has 1 heterocycles. The topological polar surface area (TPSA) is 67.2 Å². The van der Waals surface area contributed by atoms with Gasteiger partial charge in [-0.15, -0.1) is 0 Å². The molecule has 1 unspecified atom stereocenters. The zero-order valence-electron chi connectivity index (χ0n) is 22.4. The van der Waals surface area contributed by atoms with E-state index in [4.69, 9.17) is 4.98 Å². The molecule has 3 aromatic carbocycles. The number of fused-ring (bicyclic) bond motifs is 1. The van der Waals surface area contributed by atoms with Gasteiger partial charge in [0.05, 0.1) is 22.6 Å². The third kappa shape index (κ3) is 5.91. The molecular formula is C31H36N4O2. The van der Waals surface area contributed by atoms with Crippen LogP contribution in [0.15, 0.2) is 83.7 Å². The molecule has 0 spiro atoms. The number of hydrogen-bond acceptors (Lipinski definition) is 3. The summed E-state index contributed by atoms with van der Waals surface area (Å²) in [4.78, 5) is 34.3. The Morgan fingerprint density at radius 2 is 1.62 bits per heavy atom. The van der Waals surface area contributed by atoms with E-state index in [0.29, 0.717) is 29.7 Å². The largest absolute Gasteiger partial charge is 0.333 e. The van der Waals surface area contributed by atoms with E-state index in [1.807, 2.05) is 94.4 Å². The van der Waals surface area contributed by atoms with Gasteiger partial charge in [0.25, 0.3) is 5.56 Å². The molecule has 1 atom stereocenters. The normalized spacial score (nSPS) is 12.4. The highest BCUT2D eigenvalue weighted by Crippen LogP contribution is 2.25. The Labute approximate surface area is 219 Å². The number of nitrogens with zero attached hydrogens (tertiary/aromatic N) is 3. The molecule has 0 saturated carbocycles. The van der Waals surface area contributed by atoms with Gasteiger partial charge in [-0.1, -0.05) is 67.6 Å². The van der Waals surface area contributed by atoms with Gasteiger partial charge in [0.1, 0.15) is 5.82 Å². The number of aryl methyl sites for hydroxylation is 1. The second kappa shape index (κ2) is 11.0. The van der Waals surface area contributed by atoms with Crippen molar-refractivity contribution in [1.29, 1.82) is 0 Å². The molecule has 2 amide bonds. The van der Waals surface area contributed by atoms with Crippen LogP contribution >= 0.6 is 0 Å². The maximum Gasteiger partial charge on any atom is 0.318 e. The Morgan fingerprint density at radius 3 is 2.32 bits per heavy atom. The molecule has 1 aromatic heterocycles. The van der Waals surface area contributed by atoms with Crippen molar-refractivity contribution in [3.63, 3.8) is 0 Å². The molecule has 4 aromatic rings. The van der Waals surface area contributed by atoms with Crippen molar-refractivity contribution >= 4 is 16.9 Å². The summed E-state index contributed by atoms with van der Waals surface area (Å²) in [5, 5.41) is 3.67. The fourth-order valence-corrected chi connectivity index (χ4v) is 4.59. The lowest BCUT2D eigenvalue weighted by atomic mass is 10.1. The van der Waals surface area contributed by atoms with Crippen molar-refractivity contribution < 1.29 is 4.79 Å². The molecule has 0 aliphatic heterocycles. The minimum Gasteiger partial charge on any atom is -0.333 e. The van der Waals surface area contributed by atoms with Crippen LogP contribution in [0, 0.1) is 0 Å². The highest BCUT2D eigenvalue weighted by Gasteiger charge is 2.29. The number of para-hydroxylation sites is 2. The Balaban J connectivity index is 1.87. The predicted octanol–water partition coefficient (Wildman–Crippen LogP) is 6.06. The Morgan fingerprint density at radius 1 is 0.973 bits per heavy atom. The zero-order valence-corrected chi connectivity index (χ0v) is 22.4. The van der Waals surface area contributed by atoms with Crippen molar-refractivity contribution in [1.82, 2.24) is 19.8 Å². The summed E-state index contributed by atoms with van der Waals surface area (Å²) in [6.45, 7) is 10.4. The first-order valence-electron chi connectivity index (χ1n) is 12.9. The SMILES string of the molecule is CCc1ccccc1-n1c(C(C)N(CCc2ccccc2)C(=O)NC(C)(C)C)nc2ccccc2c1=O. The number of nitrogens with one attached hydrogen (secondary N) is 1. The summed E-state index contributed by atoms with van der Waals surface area (Å²) in [7, 11) is 0. The average Bonchev–Trinajstić information content (AvgIpc) is 2.88. The molecule has 6 nitrogen and oxygen atoms in total. The van der Waals surface area contributed by atoms with Crippen molar-refractivity contribution in [2.24, 2.45) is 0 Å². The van der Waals surface area contributed by atoms with Crippen LogP contribution in [0.1, 0.15) is 57.6 Å². The Bertz CT molecular complexity index is 1440. The van der Waals surface area contributed by atoms with Gasteiger partial charge in [0.15, 0.2) is 0 Å². The Kier molecular flexibility index (Phi) is 7.77. The van der Waals surface area contributed by atoms with Crippen LogP contribution < -0.4 is 10.9 Å². The predicted molar refractivity (Wildman–Crippen MR) is 150 cm³/mol. The van der Waals surface area contributed by atoms with Crippen LogP contribution in [0.2, 0.25) is 0 Å². The maximum absolute atomic E-state index is 13.9. The van der Waals surface area contributed by atoms with Crippen molar-refractivity contribution in [2.75, 3.05) is 6.54 Å². The fourth-order valence-electron chi connectivity index (χ4n) is 4.59. The van der Waals surface area contributed by atoms with E-state index in [2.05, 4.69) is 24.4 Å². The second-order valence-corrected chi connectivity index (χ2v) is 10.4. The number of aromatic nitrogens is 2. The lowest BCUT2D eigenvalue weighted by Gasteiger charge is -2.33. The van der Waals surface area contributed by atoms with Crippen molar-refractivity contribution in [2.45, 2.75) is 59.0 Å². The molecule has 0 bridgehead atoms. The summed E-state index contributed by atoms with van der Waals surface area (Å²) < 4.78 is 1.70. The van der Waals surface area contributed by atoms with E-state index in [-0.39, 0.29) is 11.6 Å². The first-order chi connectivity index (χ1) is 17.7. The summed E-state index contributed by atoms with van der Waals surface area (Å²) in [5.74, 6) is 0.543. The summed E-state index contributed by atoms with van der Waals surface area (Å²) in [5.41, 5.74) is 3.07. The molecule has 0 radical (unpaired) electrons. The summed E-state index contributed by atoms with van der Waals surface area (Å²) in [6.07, 6.45) is 1.46. The molecule has 4 rings (SSSR count). The molecule has 192 valence electrons. The molecule has 0 saturated heterocycles. The number of urea groups is 1. The molecule has 37 heavy (non-hydrogen) atoms. The van der Waals surface area contributed by atoms with Gasteiger partial charge in [0, 0.05) is 12.1 Å². The number of carbonyl (C=O) groups excluding carboxylic acids is 1. The van der Waals surface area contributed by atoms with E-state index in [1.54, 1.807) is 9.47 Å². The van der Waals surface area contributed by atoms with Gasteiger partial charge in [0.2, 0.25) is 0 Å². The van der Waals surface area contributed by atoms with Crippen molar-refractivity contribution in [3.05, 3.63) is 106 Å². The lowest BCUT2D eigenvalue weighted by Crippen LogP contribution is -2.50. The van der Waals surface area contributed by atoms with E-state index in [9.17, 15) is 9.59 Å². The van der Waals surface area contributed by atoms with Crippen molar-refractivity contribution in [3.8, 4) is 5.69 Å². The monoisotopic (exact) mass is 496 g/mol. The number of benzene rings is 3. The third-order valence-corrected chi connectivity index (χ3v) is 6.48. The van der Waals surface area contributed by atoms with Gasteiger partial charge in [-0.05, 0) is 69.9 Å². The van der Waals surface area contributed by atoms with E-state index < -0.39 is 11.6 Å². The lowest BCUT2D eigenvalue weighted by molar-refractivity contribution is 0.168. The van der Waals surface area contributed by atoms with Gasteiger partial charge in [-0.2, -0.15) is 0 Å². The molecule has 0 fully saturated rings. The quantitative estimate of drug-likeness (QED) is 0.338. The molecule has 6 heteroatoms. The minimum absolute atomic E-state index is 0.132. The second-order valence-electron chi connectivity index (χ2n) is 10.4. The zero-order chi connectivity index (χ0) is 26.6. The smallest absolute Gasteiger partial charge is 0.318 e. The Hall–Kier alpha value is -3.93. The van der Waals surface area contributed by atoms with Crippen LogP contribution in [-0.2, 0) is 12.8 Å². The number of rotatable bonds is 7. The van der Waals surface area contributed by atoms with E-state index in [0.717, 1.165) is 23.2 Å². The number of hydrogen-bond donors (Lipinski definition) is 1. The minimum atomic E-state index is -0.465. The first kappa shape index (κ1) is 26.1. The van der Waals surface area contributed by atoms with Crippen LogP contribution in [0.3, 0.4) is 0 Å². The van der Waals surface area contributed by atoms with E-state index >= 15 is 0 Å². The average molecular weight is 497 g/mol. The van der Waals surface area contributed by atoms with Gasteiger partial charge in [-0.3, -0.25) is 9.36 Å². The fraction of sp³-hybridized carbons (Fsp3) is 0.323. The van der Waals surface area contributed by atoms with Gasteiger partial charge < -0.3 is 10.2 Å².